The summed E-state index contributed by atoms with van der Waals surface area (Å²) >= 11 is 0. The number of fused-ring (bicyclic) bond motifs is 5. The molecule has 1 nitrogen and oxygen atoms in total. The summed E-state index contributed by atoms with van der Waals surface area (Å²) in [4.78, 5) is 0. The van der Waals surface area contributed by atoms with E-state index in [4.69, 9.17) is 0 Å². The molecule has 3 aliphatic rings. The van der Waals surface area contributed by atoms with Crippen molar-refractivity contribution in [3.05, 3.63) is 0 Å². The quantitative estimate of drug-likeness (QED) is 0.649. The average molecular weight is 210 g/mol. The highest BCUT2D eigenvalue weighted by atomic mass is 16.3. The molecule has 88 valence electrons. The molecule has 0 radical (unpaired) electrons. The van der Waals surface area contributed by atoms with Gasteiger partial charge in [0.2, 0.25) is 0 Å². The highest BCUT2D eigenvalue weighted by Gasteiger charge is 2.53. The summed E-state index contributed by atoms with van der Waals surface area (Å²) < 4.78 is 0. The summed E-state index contributed by atoms with van der Waals surface area (Å²) in [6.45, 7) is 6.50. The largest absolute Gasteiger partial charge is 0.393 e. The van der Waals surface area contributed by atoms with Crippen molar-refractivity contribution in [2.75, 3.05) is 0 Å². The van der Waals surface area contributed by atoms with E-state index >= 15 is 0 Å². The Labute approximate surface area is 94.3 Å². The van der Waals surface area contributed by atoms with Gasteiger partial charge in [0.25, 0.3) is 0 Å². The molecule has 2 bridgehead atoms. The number of aliphatic hydroxyl groups is 1. The summed E-state index contributed by atoms with van der Waals surface area (Å²) in [6.07, 6.45) is 6.90. The second kappa shape index (κ2) is 4.45. The van der Waals surface area contributed by atoms with Crippen LogP contribution < -0.4 is 0 Å². The molecule has 3 aliphatic carbocycles. The Morgan fingerprint density at radius 3 is 2.20 bits per heavy atom. The zero-order chi connectivity index (χ0) is 11.0. The Morgan fingerprint density at radius 2 is 1.53 bits per heavy atom. The Kier molecular flexibility index (Phi) is 3.39. The van der Waals surface area contributed by atoms with Gasteiger partial charge in [0.05, 0.1) is 6.10 Å². The lowest BCUT2D eigenvalue weighted by atomic mass is 9.80. The van der Waals surface area contributed by atoms with Crippen LogP contribution in [0.4, 0.5) is 0 Å². The van der Waals surface area contributed by atoms with Gasteiger partial charge in [-0.05, 0) is 55.3 Å². The van der Waals surface area contributed by atoms with E-state index in [1.54, 1.807) is 0 Å². The zero-order valence-electron chi connectivity index (χ0n) is 10.4. The average Bonchev–Trinajstić information content (AvgIpc) is 2.70. The Hall–Kier alpha value is -0.0400. The standard InChI is InChI=1S/C10H16O.C4H10/c11-10-5-6-4-9(10)8-3-1-2-7(6)8;1-4(2)3/h6-11H,1-5H2;4H,1-3H3. The topological polar surface area (TPSA) is 20.2 Å². The molecule has 5 atom stereocenters. The van der Waals surface area contributed by atoms with Crippen molar-refractivity contribution in [3.63, 3.8) is 0 Å². The molecule has 3 rings (SSSR count). The molecule has 0 aliphatic heterocycles. The summed E-state index contributed by atoms with van der Waals surface area (Å²) in [7, 11) is 0. The molecule has 0 heterocycles. The van der Waals surface area contributed by atoms with Gasteiger partial charge in [0.15, 0.2) is 0 Å². The van der Waals surface area contributed by atoms with E-state index in [0.29, 0.717) is 5.92 Å². The molecule has 0 amide bonds. The normalized spacial score (nSPS) is 46.6. The van der Waals surface area contributed by atoms with Crippen molar-refractivity contribution in [1.82, 2.24) is 0 Å². The zero-order valence-corrected chi connectivity index (χ0v) is 10.4. The van der Waals surface area contributed by atoms with E-state index in [-0.39, 0.29) is 6.10 Å². The molecular weight excluding hydrogens is 184 g/mol. The van der Waals surface area contributed by atoms with Crippen LogP contribution in [0.2, 0.25) is 0 Å². The van der Waals surface area contributed by atoms with Gasteiger partial charge in [0, 0.05) is 0 Å². The van der Waals surface area contributed by atoms with E-state index in [9.17, 15) is 5.11 Å². The third-order valence-electron chi connectivity index (χ3n) is 4.39. The van der Waals surface area contributed by atoms with E-state index in [1.165, 1.54) is 25.7 Å². The lowest BCUT2D eigenvalue weighted by Gasteiger charge is -2.28. The minimum Gasteiger partial charge on any atom is -0.393 e. The third-order valence-corrected chi connectivity index (χ3v) is 4.39. The van der Waals surface area contributed by atoms with E-state index in [1.807, 2.05) is 0 Å². The first-order chi connectivity index (χ1) is 7.09. The van der Waals surface area contributed by atoms with E-state index < -0.39 is 0 Å². The van der Waals surface area contributed by atoms with E-state index in [2.05, 4.69) is 20.8 Å². The molecule has 0 aromatic rings. The smallest absolute Gasteiger partial charge is 0.0574 e. The summed E-state index contributed by atoms with van der Waals surface area (Å²) in [5.41, 5.74) is 0. The maximum atomic E-state index is 9.67. The molecule has 5 unspecified atom stereocenters. The number of rotatable bonds is 0. The Balaban J connectivity index is 0.000000188. The maximum Gasteiger partial charge on any atom is 0.0574 e. The van der Waals surface area contributed by atoms with Crippen molar-refractivity contribution in [2.24, 2.45) is 29.6 Å². The first-order valence-corrected chi connectivity index (χ1v) is 6.77. The molecule has 0 aromatic carbocycles. The fourth-order valence-corrected chi connectivity index (χ4v) is 4.03. The van der Waals surface area contributed by atoms with Crippen molar-refractivity contribution in [1.29, 1.82) is 0 Å². The number of aliphatic hydroxyl groups excluding tert-OH is 1. The van der Waals surface area contributed by atoms with Gasteiger partial charge >= 0.3 is 0 Å². The first kappa shape index (κ1) is 11.4. The first-order valence-electron chi connectivity index (χ1n) is 6.77. The monoisotopic (exact) mass is 210 g/mol. The fourth-order valence-electron chi connectivity index (χ4n) is 4.03. The summed E-state index contributed by atoms with van der Waals surface area (Å²) in [5, 5.41) is 9.67. The number of hydrogen-bond donors (Lipinski definition) is 1. The fraction of sp³-hybridized carbons (Fsp3) is 1.00. The van der Waals surface area contributed by atoms with Crippen LogP contribution in [-0.2, 0) is 0 Å². The van der Waals surface area contributed by atoms with Gasteiger partial charge in [-0.3, -0.25) is 0 Å². The molecule has 0 aromatic heterocycles. The van der Waals surface area contributed by atoms with Crippen LogP contribution in [0.3, 0.4) is 0 Å². The van der Waals surface area contributed by atoms with Crippen molar-refractivity contribution < 1.29 is 5.11 Å². The lowest BCUT2D eigenvalue weighted by molar-refractivity contribution is 0.0642. The SMILES string of the molecule is CC(C)C.OC1CC2CC1C1CCCC21. The molecule has 1 N–H and O–H groups in total. The maximum absolute atomic E-state index is 9.67. The minimum atomic E-state index is 0.0827. The van der Waals surface area contributed by atoms with E-state index in [0.717, 1.165) is 30.1 Å². The molecule has 1 heteroatoms. The second-order valence-corrected chi connectivity index (χ2v) is 6.45. The van der Waals surface area contributed by atoms with Gasteiger partial charge in [-0.1, -0.05) is 27.2 Å². The van der Waals surface area contributed by atoms with Gasteiger partial charge in [-0.25, -0.2) is 0 Å². The van der Waals surface area contributed by atoms with Crippen LogP contribution in [0.5, 0.6) is 0 Å². The predicted molar refractivity (Wildman–Crippen MR) is 63.6 cm³/mol. The van der Waals surface area contributed by atoms with Crippen molar-refractivity contribution in [2.45, 2.75) is 59.0 Å². The van der Waals surface area contributed by atoms with Crippen LogP contribution >= 0.6 is 0 Å². The molecule has 3 fully saturated rings. The second-order valence-electron chi connectivity index (χ2n) is 6.45. The van der Waals surface area contributed by atoms with Crippen molar-refractivity contribution in [3.8, 4) is 0 Å². The van der Waals surface area contributed by atoms with Gasteiger partial charge < -0.3 is 5.11 Å². The summed E-state index contributed by atoms with van der Waals surface area (Å²) in [5.74, 6) is 4.43. The van der Waals surface area contributed by atoms with Gasteiger partial charge in [-0.15, -0.1) is 0 Å². The molecule has 0 spiro atoms. The highest BCUT2D eigenvalue weighted by molar-refractivity contribution is 5.02. The van der Waals surface area contributed by atoms with Crippen molar-refractivity contribution >= 4 is 0 Å². The number of hydrogen-bond acceptors (Lipinski definition) is 1. The van der Waals surface area contributed by atoms with Crippen LogP contribution in [0, 0.1) is 29.6 Å². The minimum absolute atomic E-state index is 0.0827. The van der Waals surface area contributed by atoms with Gasteiger partial charge in [0.1, 0.15) is 0 Å². The lowest BCUT2D eigenvalue weighted by Crippen LogP contribution is -2.27. The van der Waals surface area contributed by atoms with Crippen LogP contribution in [0.15, 0.2) is 0 Å². The highest BCUT2D eigenvalue weighted by Crippen LogP contribution is 2.58. The van der Waals surface area contributed by atoms with Crippen LogP contribution in [0.25, 0.3) is 0 Å². The molecule has 0 saturated heterocycles. The Bertz CT molecular complexity index is 209. The molecule has 3 saturated carbocycles. The summed E-state index contributed by atoms with van der Waals surface area (Å²) in [6, 6.07) is 0. The Morgan fingerprint density at radius 1 is 0.933 bits per heavy atom. The van der Waals surface area contributed by atoms with Gasteiger partial charge in [-0.2, -0.15) is 0 Å². The predicted octanol–water partition coefficient (Wildman–Crippen LogP) is 3.47. The van der Waals surface area contributed by atoms with Crippen LogP contribution in [0.1, 0.15) is 52.9 Å². The van der Waals surface area contributed by atoms with Crippen LogP contribution in [-0.4, -0.2) is 11.2 Å². The molecule has 15 heavy (non-hydrogen) atoms. The molecular formula is C14H26O. The third kappa shape index (κ3) is 2.22.